The molecule has 0 amide bonds. The number of rotatable bonds is 9. The Balaban J connectivity index is 2.75. The van der Waals surface area contributed by atoms with Crippen LogP contribution in [0.15, 0.2) is 52.9 Å². The van der Waals surface area contributed by atoms with Crippen LogP contribution in [0.5, 0.6) is 0 Å². The van der Waals surface area contributed by atoms with Crippen molar-refractivity contribution in [1.82, 2.24) is 10.2 Å². The molecule has 0 spiro atoms. The smallest absolute Gasteiger partial charge is 0.336 e. The number of likely N-dealkylation sites (N-methyl/N-ethyl adjacent to an activating group) is 1. The molecule has 196 valence electrons. The fourth-order valence-corrected chi connectivity index (χ4v) is 4.00. The number of hydrogen-bond donors (Lipinski definition) is 1. The lowest BCUT2D eigenvalue weighted by molar-refractivity contribution is -0.148. The van der Waals surface area contributed by atoms with Crippen molar-refractivity contribution in [3.63, 3.8) is 0 Å². The van der Waals surface area contributed by atoms with Crippen LogP contribution in [0.2, 0.25) is 0 Å². The summed E-state index contributed by atoms with van der Waals surface area (Å²) in [6.45, 7) is 11.4. The highest BCUT2D eigenvalue weighted by atomic mass is 16.6. The molecule has 0 aromatic heterocycles. The molecule has 0 aliphatic carbocycles. The summed E-state index contributed by atoms with van der Waals surface area (Å²) in [5.41, 5.74) is 2.58. The first-order valence-corrected chi connectivity index (χ1v) is 12.1. The molecule has 8 heteroatoms. The van der Waals surface area contributed by atoms with Crippen LogP contribution in [0.3, 0.4) is 0 Å². The molecule has 8 nitrogen and oxygen atoms in total. The Labute approximate surface area is 214 Å². The first-order chi connectivity index (χ1) is 16.9. The average molecular weight is 499 g/mol. The number of carbonyl (C=O) groups excluding carboxylic acids is 3. The Morgan fingerprint density at radius 2 is 1.58 bits per heavy atom. The maximum Gasteiger partial charge on any atom is 0.336 e. The topological polar surface area (TPSA) is 94.2 Å². The molecule has 0 radical (unpaired) electrons. The number of nitrogens with one attached hydrogen (secondary N) is 1. The second kappa shape index (κ2) is 12.5. The van der Waals surface area contributed by atoms with Gasteiger partial charge in [-0.2, -0.15) is 0 Å². The van der Waals surface area contributed by atoms with Crippen LogP contribution >= 0.6 is 0 Å². The van der Waals surface area contributed by atoms with Crippen molar-refractivity contribution in [2.75, 3.05) is 33.9 Å². The molecule has 0 unspecified atom stereocenters. The molecule has 36 heavy (non-hydrogen) atoms. The summed E-state index contributed by atoms with van der Waals surface area (Å²) >= 11 is 0. The fourth-order valence-electron chi connectivity index (χ4n) is 4.00. The molecule has 0 bridgehead atoms. The van der Waals surface area contributed by atoms with E-state index in [0.29, 0.717) is 40.2 Å². The number of carbonyl (C=O) groups is 3. The number of esters is 3. The molecular weight excluding hydrogens is 460 g/mol. The largest absolute Gasteiger partial charge is 0.463 e. The number of ether oxygens (including phenoxy) is 3. The van der Waals surface area contributed by atoms with E-state index in [0.717, 1.165) is 0 Å². The van der Waals surface area contributed by atoms with Gasteiger partial charge in [0.15, 0.2) is 0 Å². The Morgan fingerprint density at radius 3 is 2.14 bits per heavy atom. The summed E-state index contributed by atoms with van der Waals surface area (Å²) in [4.78, 5) is 40.8. The third-order valence-corrected chi connectivity index (χ3v) is 5.22. The number of benzene rings is 1. The summed E-state index contributed by atoms with van der Waals surface area (Å²) in [6.07, 6.45) is 2.98. The first kappa shape index (κ1) is 28.8. The van der Waals surface area contributed by atoms with E-state index >= 15 is 0 Å². The Morgan fingerprint density at radius 1 is 1.00 bits per heavy atom. The van der Waals surface area contributed by atoms with Gasteiger partial charge in [0.05, 0.1) is 30.3 Å². The molecular formula is C28H38N2O6. The molecule has 0 saturated heterocycles. The molecule has 1 aromatic carbocycles. The SMILES string of the molecule is CCOC(=O)C1=C(C)NC(CN(C)C)=C(C(=O)OCC)[C@@H]1c1ccccc1/C=C\C(=O)OC(C)(C)C. The quantitative estimate of drug-likeness (QED) is 0.311. The zero-order valence-electron chi connectivity index (χ0n) is 22.6. The highest BCUT2D eigenvalue weighted by Gasteiger charge is 2.39. The fraction of sp³-hybridized carbons (Fsp3) is 0.464. The van der Waals surface area contributed by atoms with Crippen molar-refractivity contribution >= 4 is 24.0 Å². The lowest BCUT2D eigenvalue weighted by Gasteiger charge is -2.33. The summed E-state index contributed by atoms with van der Waals surface area (Å²) < 4.78 is 16.2. The highest BCUT2D eigenvalue weighted by Crippen LogP contribution is 2.41. The van der Waals surface area contributed by atoms with Gasteiger partial charge in [-0.25, -0.2) is 14.4 Å². The molecule has 0 fully saturated rings. The molecule has 1 heterocycles. The van der Waals surface area contributed by atoms with E-state index in [2.05, 4.69) is 5.32 Å². The van der Waals surface area contributed by atoms with Crippen LogP contribution in [-0.4, -0.2) is 62.3 Å². The standard InChI is InChI=1S/C28H38N2O6/c1-9-34-26(32)23-18(3)29-21(17-30(7)8)25(27(33)35-10-2)24(23)20-14-12-11-13-19(20)15-16-22(31)36-28(4,5)6/h11-16,24,29H,9-10,17H2,1-8H3/b16-15-/t24-/m1/s1. The molecule has 1 atom stereocenters. The van der Waals surface area contributed by atoms with Crippen molar-refractivity contribution < 1.29 is 28.6 Å². The van der Waals surface area contributed by atoms with Gasteiger partial charge in [-0.3, -0.25) is 0 Å². The lowest BCUT2D eigenvalue weighted by atomic mass is 9.78. The van der Waals surface area contributed by atoms with Gasteiger partial charge in [-0.15, -0.1) is 0 Å². The summed E-state index contributed by atoms with van der Waals surface area (Å²) in [5, 5.41) is 3.25. The van der Waals surface area contributed by atoms with Gasteiger partial charge in [0.25, 0.3) is 0 Å². The van der Waals surface area contributed by atoms with Gasteiger partial charge in [0.2, 0.25) is 0 Å². The van der Waals surface area contributed by atoms with Gasteiger partial charge in [0, 0.05) is 24.0 Å². The highest BCUT2D eigenvalue weighted by molar-refractivity contribution is 6.00. The van der Waals surface area contributed by atoms with Gasteiger partial charge < -0.3 is 24.4 Å². The molecule has 0 saturated carbocycles. The zero-order valence-corrected chi connectivity index (χ0v) is 22.6. The van der Waals surface area contributed by atoms with Crippen molar-refractivity contribution in [2.24, 2.45) is 0 Å². The maximum absolute atomic E-state index is 13.3. The van der Waals surface area contributed by atoms with E-state index in [1.807, 2.05) is 43.3 Å². The normalized spacial score (nSPS) is 16.3. The lowest BCUT2D eigenvalue weighted by Crippen LogP contribution is -2.37. The number of hydrogen-bond acceptors (Lipinski definition) is 8. The molecule has 2 rings (SSSR count). The summed E-state index contributed by atoms with van der Waals surface area (Å²) in [7, 11) is 3.79. The number of dihydropyridines is 1. The monoisotopic (exact) mass is 498 g/mol. The number of nitrogens with zero attached hydrogens (tertiary/aromatic N) is 1. The molecule has 1 aliphatic heterocycles. The van der Waals surface area contributed by atoms with Gasteiger partial charge in [-0.1, -0.05) is 24.3 Å². The number of allylic oxidation sites excluding steroid dienone is 1. The predicted octanol–water partition coefficient (Wildman–Crippen LogP) is 3.94. The Kier molecular flexibility index (Phi) is 10.0. The minimum atomic E-state index is -0.765. The Hall–Kier alpha value is -3.39. The third-order valence-electron chi connectivity index (χ3n) is 5.22. The van der Waals surface area contributed by atoms with E-state index in [1.54, 1.807) is 47.6 Å². The van der Waals surface area contributed by atoms with Crippen LogP contribution < -0.4 is 5.32 Å². The van der Waals surface area contributed by atoms with Crippen LogP contribution in [-0.2, 0) is 28.6 Å². The van der Waals surface area contributed by atoms with Crippen molar-refractivity contribution in [3.05, 3.63) is 64.0 Å². The molecule has 1 aromatic rings. The van der Waals surface area contributed by atoms with Crippen LogP contribution in [0, 0.1) is 0 Å². The van der Waals surface area contributed by atoms with Gasteiger partial charge in [-0.05, 0) is 72.8 Å². The predicted molar refractivity (Wildman–Crippen MR) is 139 cm³/mol. The maximum atomic E-state index is 13.3. The van der Waals surface area contributed by atoms with E-state index < -0.39 is 29.4 Å². The summed E-state index contributed by atoms with van der Waals surface area (Å²) in [6, 6.07) is 7.32. The third kappa shape index (κ3) is 7.55. The minimum absolute atomic E-state index is 0.182. The van der Waals surface area contributed by atoms with Crippen LogP contribution in [0.25, 0.3) is 6.08 Å². The van der Waals surface area contributed by atoms with E-state index in [4.69, 9.17) is 14.2 Å². The van der Waals surface area contributed by atoms with Crippen molar-refractivity contribution in [2.45, 2.75) is 53.1 Å². The zero-order chi connectivity index (χ0) is 27.0. The van der Waals surface area contributed by atoms with E-state index in [1.165, 1.54) is 6.08 Å². The Bertz CT molecular complexity index is 1080. The van der Waals surface area contributed by atoms with Crippen molar-refractivity contribution in [3.8, 4) is 0 Å². The average Bonchev–Trinajstić information content (AvgIpc) is 2.76. The molecule has 1 N–H and O–H groups in total. The first-order valence-electron chi connectivity index (χ1n) is 12.1. The van der Waals surface area contributed by atoms with Gasteiger partial charge in [0.1, 0.15) is 5.60 Å². The molecule has 1 aliphatic rings. The van der Waals surface area contributed by atoms with Crippen LogP contribution in [0.4, 0.5) is 0 Å². The second-order valence-electron chi connectivity index (χ2n) is 9.66. The van der Waals surface area contributed by atoms with Crippen molar-refractivity contribution in [1.29, 1.82) is 0 Å². The minimum Gasteiger partial charge on any atom is -0.463 e. The van der Waals surface area contributed by atoms with E-state index in [-0.39, 0.29) is 13.2 Å². The van der Waals surface area contributed by atoms with Gasteiger partial charge >= 0.3 is 17.9 Å². The summed E-state index contributed by atoms with van der Waals surface area (Å²) in [5.74, 6) is -2.30. The van der Waals surface area contributed by atoms with Crippen LogP contribution in [0.1, 0.15) is 58.6 Å². The van der Waals surface area contributed by atoms with E-state index in [9.17, 15) is 14.4 Å². The second-order valence-corrected chi connectivity index (χ2v) is 9.66.